The molecule has 0 bridgehead atoms. The first-order valence-corrected chi connectivity index (χ1v) is 10.6. The molecule has 1 atom stereocenters. The van der Waals surface area contributed by atoms with Gasteiger partial charge in [0.2, 0.25) is 5.91 Å². The summed E-state index contributed by atoms with van der Waals surface area (Å²) >= 11 is 0. The van der Waals surface area contributed by atoms with Crippen molar-refractivity contribution in [1.29, 1.82) is 0 Å². The van der Waals surface area contributed by atoms with Crippen molar-refractivity contribution in [1.82, 2.24) is 20.2 Å². The van der Waals surface area contributed by atoms with Crippen molar-refractivity contribution in [3.05, 3.63) is 96.1 Å². The van der Waals surface area contributed by atoms with Gasteiger partial charge in [-0.1, -0.05) is 36.4 Å². The molecule has 0 unspecified atom stereocenters. The number of carbonyl (C=O) groups excluding carboxylic acids is 1. The predicted molar refractivity (Wildman–Crippen MR) is 118 cm³/mol. The van der Waals surface area contributed by atoms with E-state index >= 15 is 0 Å². The van der Waals surface area contributed by atoms with Gasteiger partial charge >= 0.3 is 0 Å². The first-order chi connectivity index (χ1) is 14.8. The molecule has 5 nitrogen and oxygen atoms in total. The van der Waals surface area contributed by atoms with Crippen LogP contribution in [0.3, 0.4) is 0 Å². The minimum absolute atomic E-state index is 0.0505. The molecule has 0 spiro atoms. The molecule has 1 aliphatic rings. The van der Waals surface area contributed by atoms with Gasteiger partial charge in [-0.05, 0) is 67.2 Å². The van der Waals surface area contributed by atoms with E-state index < -0.39 is 0 Å². The molecule has 1 fully saturated rings. The van der Waals surface area contributed by atoms with E-state index in [9.17, 15) is 4.79 Å². The zero-order chi connectivity index (χ0) is 20.6. The molecule has 2 aromatic heterocycles. The topological polar surface area (TPSA) is 58.1 Å². The molecule has 3 aromatic rings. The van der Waals surface area contributed by atoms with Crippen LogP contribution in [0.1, 0.15) is 35.7 Å². The van der Waals surface area contributed by atoms with Crippen LogP contribution in [0.5, 0.6) is 0 Å². The van der Waals surface area contributed by atoms with E-state index in [0.717, 1.165) is 43.7 Å². The zero-order valence-electron chi connectivity index (χ0n) is 17.2. The standard InChI is InChI=1S/C25H28N4O/c30-24(18-20-6-2-1-3-7-20)28-25(23-8-4-5-13-27-23)22-11-16-29(17-12-22)19-21-9-14-26-15-10-21/h1-10,13-15,22,25H,11-12,16-19H2,(H,28,30)/t25-/m1/s1. The van der Waals surface area contributed by atoms with Gasteiger partial charge in [0, 0.05) is 25.1 Å². The van der Waals surface area contributed by atoms with Crippen LogP contribution in [-0.4, -0.2) is 33.9 Å². The molecule has 1 N–H and O–H groups in total. The van der Waals surface area contributed by atoms with Crippen molar-refractivity contribution in [2.45, 2.75) is 31.8 Å². The van der Waals surface area contributed by atoms with Crippen LogP contribution in [0.2, 0.25) is 0 Å². The first kappa shape index (κ1) is 20.2. The van der Waals surface area contributed by atoms with Gasteiger partial charge < -0.3 is 5.32 Å². The molecule has 154 valence electrons. The van der Waals surface area contributed by atoms with Crippen LogP contribution in [0.25, 0.3) is 0 Å². The van der Waals surface area contributed by atoms with E-state index in [0.29, 0.717) is 12.3 Å². The van der Waals surface area contributed by atoms with Crippen LogP contribution < -0.4 is 5.32 Å². The van der Waals surface area contributed by atoms with E-state index in [-0.39, 0.29) is 11.9 Å². The molecular formula is C25H28N4O. The lowest BCUT2D eigenvalue weighted by Crippen LogP contribution is -2.41. The highest BCUT2D eigenvalue weighted by molar-refractivity contribution is 5.79. The van der Waals surface area contributed by atoms with Gasteiger partial charge in [0.05, 0.1) is 18.2 Å². The number of nitrogens with one attached hydrogen (secondary N) is 1. The minimum atomic E-state index is -0.0505. The summed E-state index contributed by atoms with van der Waals surface area (Å²) in [4.78, 5) is 23.9. The summed E-state index contributed by atoms with van der Waals surface area (Å²) in [7, 11) is 0. The van der Waals surface area contributed by atoms with E-state index in [2.05, 4.69) is 32.3 Å². The molecule has 1 aliphatic heterocycles. The molecule has 0 radical (unpaired) electrons. The number of aromatic nitrogens is 2. The Kier molecular flexibility index (Phi) is 6.83. The maximum absolute atomic E-state index is 12.8. The van der Waals surface area contributed by atoms with Gasteiger partial charge in [0.15, 0.2) is 0 Å². The average molecular weight is 401 g/mol. The van der Waals surface area contributed by atoms with Crippen molar-refractivity contribution in [2.75, 3.05) is 13.1 Å². The van der Waals surface area contributed by atoms with E-state index in [1.54, 1.807) is 0 Å². The molecule has 0 aliphatic carbocycles. The summed E-state index contributed by atoms with van der Waals surface area (Å²) in [6.07, 6.45) is 7.98. The molecule has 1 aromatic carbocycles. The lowest BCUT2D eigenvalue weighted by molar-refractivity contribution is -0.121. The molecule has 5 heteroatoms. The normalized spacial score (nSPS) is 16.1. The van der Waals surface area contributed by atoms with Gasteiger partial charge in [-0.15, -0.1) is 0 Å². The van der Waals surface area contributed by atoms with Gasteiger partial charge in [-0.25, -0.2) is 0 Å². The highest BCUT2D eigenvalue weighted by Crippen LogP contribution is 2.30. The smallest absolute Gasteiger partial charge is 0.224 e. The van der Waals surface area contributed by atoms with E-state index in [1.165, 1.54) is 5.56 Å². The van der Waals surface area contributed by atoms with Gasteiger partial charge in [-0.3, -0.25) is 19.7 Å². The molecule has 1 saturated heterocycles. The Morgan fingerprint density at radius 1 is 0.933 bits per heavy atom. The number of hydrogen-bond donors (Lipinski definition) is 1. The number of rotatable bonds is 7. The number of hydrogen-bond acceptors (Lipinski definition) is 4. The maximum Gasteiger partial charge on any atom is 0.224 e. The lowest BCUT2D eigenvalue weighted by Gasteiger charge is -2.36. The van der Waals surface area contributed by atoms with Gasteiger partial charge in [0.1, 0.15) is 0 Å². The third-order valence-electron chi connectivity index (χ3n) is 5.79. The Morgan fingerprint density at radius 3 is 2.37 bits per heavy atom. The Balaban J connectivity index is 1.40. The second-order valence-electron chi connectivity index (χ2n) is 7.93. The Labute approximate surface area is 178 Å². The summed E-state index contributed by atoms with van der Waals surface area (Å²) in [6, 6.07) is 19.9. The SMILES string of the molecule is O=C(Cc1ccccc1)N[C@@H](c1ccccn1)C1CCN(Cc2ccncc2)CC1. The van der Waals surface area contributed by atoms with Crippen LogP contribution in [0, 0.1) is 5.92 Å². The minimum Gasteiger partial charge on any atom is -0.347 e. The molecule has 4 rings (SSSR count). The van der Waals surface area contributed by atoms with Crippen molar-refractivity contribution < 1.29 is 4.79 Å². The average Bonchev–Trinajstić information content (AvgIpc) is 2.80. The number of likely N-dealkylation sites (tertiary alicyclic amines) is 1. The molecule has 1 amide bonds. The first-order valence-electron chi connectivity index (χ1n) is 10.6. The highest BCUT2D eigenvalue weighted by Gasteiger charge is 2.29. The second kappa shape index (κ2) is 10.1. The highest BCUT2D eigenvalue weighted by atomic mass is 16.1. The third kappa shape index (κ3) is 5.51. The van der Waals surface area contributed by atoms with Crippen LogP contribution in [0.4, 0.5) is 0 Å². The number of benzene rings is 1. The third-order valence-corrected chi connectivity index (χ3v) is 5.79. The molecule has 0 saturated carbocycles. The summed E-state index contributed by atoms with van der Waals surface area (Å²) in [5.74, 6) is 0.435. The van der Waals surface area contributed by atoms with Crippen LogP contribution in [0.15, 0.2) is 79.3 Å². The Morgan fingerprint density at radius 2 is 1.67 bits per heavy atom. The van der Waals surface area contributed by atoms with Gasteiger partial charge in [-0.2, -0.15) is 0 Å². The van der Waals surface area contributed by atoms with Crippen LogP contribution >= 0.6 is 0 Å². The summed E-state index contributed by atoms with van der Waals surface area (Å²) in [6.45, 7) is 2.99. The maximum atomic E-state index is 12.8. The fraction of sp³-hybridized carbons (Fsp3) is 0.320. The number of pyridine rings is 2. The summed E-state index contributed by atoms with van der Waals surface area (Å²) in [5.41, 5.74) is 3.27. The predicted octanol–water partition coefficient (Wildman–Crippen LogP) is 3.79. The van der Waals surface area contributed by atoms with Crippen LogP contribution in [-0.2, 0) is 17.8 Å². The molecule has 3 heterocycles. The number of carbonyl (C=O) groups is 1. The number of amides is 1. The van der Waals surface area contributed by atoms with Crippen molar-refractivity contribution in [2.24, 2.45) is 5.92 Å². The Bertz CT molecular complexity index is 910. The fourth-order valence-corrected chi connectivity index (χ4v) is 4.19. The summed E-state index contributed by atoms with van der Waals surface area (Å²) < 4.78 is 0. The van der Waals surface area contributed by atoms with Crippen molar-refractivity contribution in [3.63, 3.8) is 0 Å². The zero-order valence-corrected chi connectivity index (χ0v) is 17.2. The molecule has 30 heavy (non-hydrogen) atoms. The van der Waals surface area contributed by atoms with E-state index in [1.807, 2.05) is 67.1 Å². The second-order valence-corrected chi connectivity index (χ2v) is 7.93. The number of nitrogens with zero attached hydrogens (tertiary/aromatic N) is 3. The van der Waals surface area contributed by atoms with Crippen molar-refractivity contribution in [3.8, 4) is 0 Å². The van der Waals surface area contributed by atoms with E-state index in [4.69, 9.17) is 0 Å². The fourth-order valence-electron chi connectivity index (χ4n) is 4.19. The van der Waals surface area contributed by atoms with Crippen molar-refractivity contribution >= 4 is 5.91 Å². The lowest BCUT2D eigenvalue weighted by atomic mass is 9.87. The number of piperidine rings is 1. The quantitative estimate of drug-likeness (QED) is 0.656. The largest absolute Gasteiger partial charge is 0.347 e. The van der Waals surface area contributed by atoms with Gasteiger partial charge in [0.25, 0.3) is 0 Å². The Hall–Kier alpha value is -3.05. The molecular weight excluding hydrogens is 372 g/mol. The monoisotopic (exact) mass is 400 g/mol. The summed E-state index contributed by atoms with van der Waals surface area (Å²) in [5, 5.41) is 3.29.